The Hall–Kier alpha value is -1.79. The summed E-state index contributed by atoms with van der Waals surface area (Å²) in [5.41, 5.74) is 0.486. The van der Waals surface area contributed by atoms with Crippen LogP contribution in [0, 0.1) is 5.82 Å². The Balaban J connectivity index is 0.00000242. The Morgan fingerprint density at radius 1 is 1.36 bits per heavy atom. The second-order valence-electron chi connectivity index (χ2n) is 4.93. The number of halogens is 2. The maximum atomic E-state index is 12.8. The van der Waals surface area contributed by atoms with Crippen molar-refractivity contribution in [3.05, 3.63) is 47.4 Å². The van der Waals surface area contributed by atoms with Crippen molar-refractivity contribution in [1.82, 2.24) is 15.5 Å². The highest BCUT2D eigenvalue weighted by atomic mass is 35.5. The van der Waals surface area contributed by atoms with Gasteiger partial charge in [-0.1, -0.05) is 5.16 Å². The summed E-state index contributed by atoms with van der Waals surface area (Å²) in [6, 6.07) is 5.77. The van der Waals surface area contributed by atoms with Gasteiger partial charge in [-0.15, -0.1) is 12.4 Å². The average molecular weight is 328 g/mol. The van der Waals surface area contributed by atoms with Crippen molar-refractivity contribution in [2.45, 2.75) is 32.2 Å². The number of carbonyl (C=O) groups excluding carboxylic acids is 1. The van der Waals surface area contributed by atoms with Gasteiger partial charge in [0.2, 0.25) is 5.89 Å². The fourth-order valence-corrected chi connectivity index (χ4v) is 1.85. The lowest BCUT2D eigenvalue weighted by Crippen LogP contribution is -2.24. The molecule has 1 unspecified atom stereocenters. The molecule has 0 bridgehead atoms. The Morgan fingerprint density at radius 3 is 2.68 bits per heavy atom. The van der Waals surface area contributed by atoms with Crippen LogP contribution in [0.15, 0.2) is 28.8 Å². The number of aryl methyl sites for hydroxylation is 1. The number of benzene rings is 1. The molecule has 2 rings (SSSR count). The number of aromatic nitrogens is 2. The molecule has 7 heteroatoms. The van der Waals surface area contributed by atoms with Gasteiger partial charge in [-0.2, -0.15) is 4.98 Å². The largest absolute Gasteiger partial charge is 0.339 e. The van der Waals surface area contributed by atoms with Crippen molar-refractivity contribution in [1.29, 1.82) is 0 Å². The summed E-state index contributed by atoms with van der Waals surface area (Å²) in [4.78, 5) is 16.2. The monoisotopic (exact) mass is 327 g/mol. The van der Waals surface area contributed by atoms with Gasteiger partial charge in [-0.05, 0) is 38.2 Å². The van der Waals surface area contributed by atoms with Crippen molar-refractivity contribution in [2.75, 3.05) is 7.05 Å². The number of rotatable bonds is 7. The van der Waals surface area contributed by atoms with Gasteiger partial charge in [0.25, 0.3) is 0 Å². The van der Waals surface area contributed by atoms with Crippen molar-refractivity contribution in [3.63, 3.8) is 0 Å². The first-order valence-electron chi connectivity index (χ1n) is 6.86. The lowest BCUT2D eigenvalue weighted by molar-refractivity contribution is 0.0979. The van der Waals surface area contributed by atoms with Crippen molar-refractivity contribution in [3.8, 4) is 0 Å². The number of ketones is 1. The van der Waals surface area contributed by atoms with Crippen LogP contribution >= 0.6 is 12.4 Å². The van der Waals surface area contributed by atoms with E-state index in [4.69, 9.17) is 4.52 Å². The summed E-state index contributed by atoms with van der Waals surface area (Å²) in [5.74, 6) is 0.648. The molecule has 1 aromatic carbocycles. The second kappa shape index (κ2) is 8.60. The van der Waals surface area contributed by atoms with Crippen LogP contribution in [0.1, 0.15) is 35.4 Å². The lowest BCUT2D eigenvalue weighted by atomic mass is 10.1. The summed E-state index contributed by atoms with van der Waals surface area (Å²) in [6.45, 7) is 2.02. The van der Waals surface area contributed by atoms with E-state index in [2.05, 4.69) is 15.5 Å². The first kappa shape index (κ1) is 18.3. The number of hydrogen-bond donors (Lipinski definition) is 1. The number of nitrogens with zero attached hydrogens (tertiary/aromatic N) is 2. The van der Waals surface area contributed by atoms with E-state index in [-0.39, 0.29) is 36.5 Å². The van der Waals surface area contributed by atoms with Crippen LogP contribution in [-0.4, -0.2) is 29.0 Å². The SMILES string of the molecule is CNC(C)Cc1noc(CCC(=O)c2ccc(F)cc2)n1.Cl. The molecule has 1 N–H and O–H groups in total. The van der Waals surface area contributed by atoms with Gasteiger partial charge >= 0.3 is 0 Å². The van der Waals surface area contributed by atoms with Gasteiger partial charge in [0.1, 0.15) is 5.82 Å². The van der Waals surface area contributed by atoms with E-state index in [9.17, 15) is 9.18 Å². The number of Topliss-reactive ketones (excluding diaryl/α,β-unsaturated/α-hetero) is 1. The van der Waals surface area contributed by atoms with Gasteiger partial charge in [0.15, 0.2) is 11.6 Å². The topological polar surface area (TPSA) is 68.0 Å². The van der Waals surface area contributed by atoms with Crippen LogP contribution in [0.5, 0.6) is 0 Å². The number of carbonyl (C=O) groups is 1. The molecule has 22 heavy (non-hydrogen) atoms. The van der Waals surface area contributed by atoms with E-state index in [0.717, 1.165) is 0 Å². The molecule has 0 spiro atoms. The second-order valence-corrected chi connectivity index (χ2v) is 4.93. The minimum absolute atomic E-state index is 0. The van der Waals surface area contributed by atoms with Crippen LogP contribution in [0.2, 0.25) is 0 Å². The molecule has 0 amide bonds. The Bertz CT molecular complexity index is 601. The number of hydrogen-bond acceptors (Lipinski definition) is 5. The fourth-order valence-electron chi connectivity index (χ4n) is 1.85. The maximum absolute atomic E-state index is 12.8. The van der Waals surface area contributed by atoms with Gasteiger partial charge < -0.3 is 9.84 Å². The maximum Gasteiger partial charge on any atom is 0.227 e. The zero-order valence-corrected chi connectivity index (χ0v) is 13.3. The van der Waals surface area contributed by atoms with E-state index in [1.807, 2.05) is 14.0 Å². The summed E-state index contributed by atoms with van der Waals surface area (Å²) in [5, 5.41) is 6.97. The molecular formula is C15H19ClFN3O2. The van der Waals surface area contributed by atoms with E-state index in [0.29, 0.717) is 30.1 Å². The van der Waals surface area contributed by atoms with Gasteiger partial charge in [-0.3, -0.25) is 4.79 Å². The molecule has 120 valence electrons. The Morgan fingerprint density at radius 2 is 2.05 bits per heavy atom. The first-order valence-corrected chi connectivity index (χ1v) is 6.86. The zero-order chi connectivity index (χ0) is 15.2. The molecule has 1 aromatic heterocycles. The molecule has 1 heterocycles. The molecule has 0 saturated carbocycles. The molecular weight excluding hydrogens is 309 g/mol. The van der Waals surface area contributed by atoms with Crippen molar-refractivity contribution >= 4 is 18.2 Å². The van der Waals surface area contributed by atoms with Crippen LogP contribution in [0.25, 0.3) is 0 Å². The summed E-state index contributed by atoms with van der Waals surface area (Å²) >= 11 is 0. The Kier molecular flexibility index (Phi) is 7.14. The normalized spacial score (nSPS) is 11.8. The first-order chi connectivity index (χ1) is 10.1. The van der Waals surface area contributed by atoms with E-state index in [1.165, 1.54) is 24.3 Å². The van der Waals surface area contributed by atoms with Gasteiger partial charge in [0.05, 0.1) is 0 Å². The van der Waals surface area contributed by atoms with Crippen LogP contribution in [0.4, 0.5) is 4.39 Å². The van der Waals surface area contributed by atoms with Crippen molar-refractivity contribution in [2.24, 2.45) is 0 Å². The predicted molar refractivity (Wildman–Crippen MR) is 82.8 cm³/mol. The predicted octanol–water partition coefficient (Wildman–Crippen LogP) is 2.60. The molecule has 0 aliphatic heterocycles. The number of likely N-dealkylation sites (N-methyl/N-ethyl adjacent to an activating group) is 1. The number of nitrogens with one attached hydrogen (secondary N) is 1. The van der Waals surface area contributed by atoms with Gasteiger partial charge in [-0.25, -0.2) is 4.39 Å². The van der Waals surface area contributed by atoms with E-state index >= 15 is 0 Å². The lowest BCUT2D eigenvalue weighted by Gasteiger charge is -2.04. The third-order valence-electron chi connectivity index (χ3n) is 3.22. The third kappa shape index (κ3) is 5.20. The molecule has 0 radical (unpaired) electrons. The standard InChI is InChI=1S/C15H18FN3O2.ClH/c1-10(17-2)9-14-18-15(21-19-14)8-7-13(20)11-3-5-12(16)6-4-11;/h3-6,10,17H,7-9H2,1-2H3;1H. The molecule has 0 aliphatic rings. The highest BCUT2D eigenvalue weighted by Crippen LogP contribution is 2.09. The fraction of sp³-hybridized carbons (Fsp3) is 0.400. The molecule has 1 atom stereocenters. The zero-order valence-electron chi connectivity index (χ0n) is 12.5. The Labute approximate surface area is 134 Å². The van der Waals surface area contributed by atoms with Crippen LogP contribution in [0.3, 0.4) is 0 Å². The highest BCUT2D eigenvalue weighted by Gasteiger charge is 2.12. The van der Waals surface area contributed by atoms with E-state index < -0.39 is 0 Å². The molecule has 5 nitrogen and oxygen atoms in total. The summed E-state index contributed by atoms with van der Waals surface area (Å²) in [6.07, 6.45) is 1.32. The summed E-state index contributed by atoms with van der Waals surface area (Å²) in [7, 11) is 1.87. The molecule has 2 aromatic rings. The molecule has 0 saturated heterocycles. The smallest absolute Gasteiger partial charge is 0.227 e. The van der Waals surface area contributed by atoms with Crippen molar-refractivity contribution < 1.29 is 13.7 Å². The molecule has 0 aliphatic carbocycles. The van der Waals surface area contributed by atoms with Crippen LogP contribution < -0.4 is 5.32 Å². The van der Waals surface area contributed by atoms with Gasteiger partial charge in [0, 0.05) is 30.9 Å². The van der Waals surface area contributed by atoms with Crippen LogP contribution in [-0.2, 0) is 12.8 Å². The third-order valence-corrected chi connectivity index (χ3v) is 3.22. The average Bonchev–Trinajstić information content (AvgIpc) is 2.93. The van der Waals surface area contributed by atoms with E-state index in [1.54, 1.807) is 0 Å². The minimum Gasteiger partial charge on any atom is -0.339 e. The minimum atomic E-state index is -0.355. The highest BCUT2D eigenvalue weighted by molar-refractivity contribution is 5.96. The summed E-state index contributed by atoms with van der Waals surface area (Å²) < 4.78 is 17.9. The molecule has 0 fully saturated rings. The quantitative estimate of drug-likeness (QED) is 0.792.